The molecular weight excluding hydrogens is 629 g/mol. The molecule has 2 aliphatic rings. The van der Waals surface area contributed by atoms with Gasteiger partial charge in [-0.3, -0.25) is 0 Å². The van der Waals surface area contributed by atoms with Crippen LogP contribution >= 0.6 is 0 Å². The fraction of sp³-hybridized carbons (Fsp3) is 0.159. The summed E-state index contributed by atoms with van der Waals surface area (Å²) in [6.07, 6.45) is 13.2. The SMILES string of the molecule is [C-]#[N+]C([N+]#[C-])=C(C(=CC=CC1=C(N2CCOCC2)C(=CC=CC(C#N)=C(c2ccccc2)C(C#N)C#N)CC1)c1ccccc1)c1ccccc1. The minimum Gasteiger partial charge on any atom is -0.378 e. The quantitative estimate of drug-likeness (QED) is 0.123. The third-order valence-corrected chi connectivity index (χ3v) is 8.61. The molecule has 246 valence electrons. The lowest BCUT2D eigenvalue weighted by Gasteiger charge is -2.31. The maximum atomic E-state index is 10.1. The molecule has 3 aromatic rings. The van der Waals surface area contributed by atoms with E-state index in [0.29, 0.717) is 29.9 Å². The van der Waals surface area contributed by atoms with Crippen LogP contribution in [-0.2, 0) is 4.74 Å². The van der Waals surface area contributed by atoms with Crippen molar-refractivity contribution in [3.8, 4) is 18.2 Å². The van der Waals surface area contributed by atoms with Crippen molar-refractivity contribution in [2.75, 3.05) is 26.3 Å². The summed E-state index contributed by atoms with van der Waals surface area (Å²) in [5.41, 5.74) is 7.76. The van der Waals surface area contributed by atoms with Crippen LogP contribution in [0.15, 0.2) is 156 Å². The van der Waals surface area contributed by atoms with Crippen molar-refractivity contribution in [2.45, 2.75) is 12.8 Å². The first-order valence-corrected chi connectivity index (χ1v) is 16.5. The minimum atomic E-state index is -1.09. The van der Waals surface area contributed by atoms with Gasteiger partial charge in [0, 0.05) is 24.4 Å². The lowest BCUT2D eigenvalue weighted by molar-refractivity contribution is 0.0547. The number of nitrogens with zero attached hydrogens (tertiary/aromatic N) is 6. The number of rotatable bonds is 10. The number of benzene rings is 3. The highest BCUT2D eigenvalue weighted by Gasteiger charge is 2.25. The van der Waals surface area contributed by atoms with Crippen molar-refractivity contribution < 1.29 is 4.74 Å². The van der Waals surface area contributed by atoms with Crippen molar-refractivity contribution in [3.63, 3.8) is 0 Å². The summed E-state index contributed by atoms with van der Waals surface area (Å²) in [6.45, 7) is 18.3. The number of nitriles is 3. The first kappa shape index (κ1) is 35.4. The Morgan fingerprint density at radius 3 is 1.92 bits per heavy atom. The van der Waals surface area contributed by atoms with Gasteiger partial charge in [0.2, 0.25) is 0 Å². The van der Waals surface area contributed by atoms with Gasteiger partial charge in [0.15, 0.2) is 5.92 Å². The molecule has 0 aromatic heterocycles. The number of hydrogen-bond donors (Lipinski definition) is 0. The normalized spacial score (nSPS) is 16.0. The average molecular weight is 663 g/mol. The fourth-order valence-electron chi connectivity index (χ4n) is 6.28. The van der Waals surface area contributed by atoms with E-state index in [1.54, 1.807) is 18.2 Å². The average Bonchev–Trinajstić information content (AvgIpc) is 3.60. The van der Waals surface area contributed by atoms with Gasteiger partial charge >= 0.3 is 5.82 Å². The van der Waals surface area contributed by atoms with Crippen LogP contribution in [0.2, 0.25) is 0 Å². The molecule has 0 radical (unpaired) electrons. The predicted octanol–water partition coefficient (Wildman–Crippen LogP) is 9.34. The van der Waals surface area contributed by atoms with Gasteiger partial charge in [-0.15, -0.1) is 0 Å². The fourth-order valence-corrected chi connectivity index (χ4v) is 6.28. The molecule has 0 bridgehead atoms. The maximum Gasteiger partial charge on any atom is 0.527 e. The van der Waals surface area contributed by atoms with E-state index in [1.165, 1.54) is 0 Å². The molecule has 0 amide bonds. The van der Waals surface area contributed by atoms with Crippen molar-refractivity contribution in [1.82, 2.24) is 4.90 Å². The Kier molecular flexibility index (Phi) is 12.5. The van der Waals surface area contributed by atoms with Crippen LogP contribution in [0, 0.1) is 53.1 Å². The summed E-state index contributed by atoms with van der Waals surface area (Å²) < 4.78 is 5.67. The first-order valence-electron chi connectivity index (χ1n) is 16.5. The molecule has 0 spiro atoms. The summed E-state index contributed by atoms with van der Waals surface area (Å²) >= 11 is 0. The molecule has 0 N–H and O–H groups in total. The summed E-state index contributed by atoms with van der Waals surface area (Å²) in [6, 6.07) is 34.7. The smallest absolute Gasteiger partial charge is 0.378 e. The van der Waals surface area contributed by atoms with Crippen molar-refractivity contribution in [1.29, 1.82) is 15.8 Å². The second-order valence-electron chi connectivity index (χ2n) is 11.6. The van der Waals surface area contributed by atoms with Crippen LogP contribution in [0.5, 0.6) is 0 Å². The van der Waals surface area contributed by atoms with Gasteiger partial charge < -0.3 is 9.64 Å². The molecule has 5 rings (SSSR count). The van der Waals surface area contributed by atoms with E-state index >= 15 is 0 Å². The highest BCUT2D eigenvalue weighted by Crippen LogP contribution is 2.38. The molecule has 0 saturated carbocycles. The molecule has 7 nitrogen and oxygen atoms in total. The Balaban J connectivity index is 1.58. The molecule has 1 fully saturated rings. The second kappa shape index (κ2) is 18.0. The van der Waals surface area contributed by atoms with Crippen molar-refractivity contribution in [3.05, 3.63) is 195 Å². The van der Waals surface area contributed by atoms with Crippen LogP contribution in [0.1, 0.15) is 29.5 Å². The molecule has 1 saturated heterocycles. The van der Waals surface area contributed by atoms with Crippen molar-refractivity contribution >= 4 is 16.7 Å². The number of ether oxygens (including phenoxy) is 1. The molecule has 3 aromatic carbocycles. The van der Waals surface area contributed by atoms with E-state index in [4.69, 9.17) is 17.9 Å². The molecule has 51 heavy (non-hydrogen) atoms. The summed E-state index contributed by atoms with van der Waals surface area (Å²) in [5.74, 6) is -1.08. The van der Waals surface area contributed by atoms with Gasteiger partial charge in [-0.2, -0.15) is 25.5 Å². The number of hydrogen-bond acceptors (Lipinski definition) is 5. The summed E-state index contributed by atoms with van der Waals surface area (Å²) in [4.78, 5) is 9.55. The zero-order valence-corrected chi connectivity index (χ0v) is 28.0. The van der Waals surface area contributed by atoms with E-state index in [9.17, 15) is 15.8 Å². The Labute approximate surface area is 299 Å². The Bertz CT molecular complexity index is 2130. The maximum absolute atomic E-state index is 10.1. The zero-order valence-electron chi connectivity index (χ0n) is 28.0. The molecule has 1 aliphatic heterocycles. The largest absolute Gasteiger partial charge is 0.527 e. The van der Waals surface area contributed by atoms with Crippen LogP contribution in [0.25, 0.3) is 26.4 Å². The first-order chi connectivity index (χ1) is 25.1. The predicted molar refractivity (Wildman–Crippen MR) is 200 cm³/mol. The van der Waals surface area contributed by atoms with Gasteiger partial charge in [0.1, 0.15) is 13.1 Å². The molecule has 7 heteroatoms. The van der Waals surface area contributed by atoms with E-state index < -0.39 is 5.92 Å². The van der Waals surface area contributed by atoms with Gasteiger partial charge in [-0.05, 0) is 52.3 Å². The molecule has 1 aliphatic carbocycles. The van der Waals surface area contributed by atoms with E-state index in [0.717, 1.165) is 59.5 Å². The second-order valence-corrected chi connectivity index (χ2v) is 11.6. The third kappa shape index (κ3) is 8.56. The molecular formula is C44H34N6O. The monoisotopic (exact) mass is 662 g/mol. The highest BCUT2D eigenvalue weighted by atomic mass is 16.5. The Morgan fingerprint density at radius 2 is 1.35 bits per heavy atom. The Hall–Kier alpha value is -6.95. The Morgan fingerprint density at radius 1 is 0.765 bits per heavy atom. The lowest BCUT2D eigenvalue weighted by atomic mass is 9.90. The van der Waals surface area contributed by atoms with E-state index in [2.05, 4.69) is 26.7 Å². The topological polar surface area (TPSA) is 92.6 Å². The van der Waals surface area contributed by atoms with Gasteiger partial charge in [-0.25, -0.2) is 0 Å². The van der Waals surface area contributed by atoms with Crippen LogP contribution in [-0.4, -0.2) is 31.2 Å². The summed E-state index contributed by atoms with van der Waals surface area (Å²) in [5, 5.41) is 29.5. The van der Waals surface area contributed by atoms with Gasteiger partial charge in [-0.1, -0.05) is 121 Å². The third-order valence-electron chi connectivity index (χ3n) is 8.61. The number of allylic oxidation sites excluding steroid dienone is 12. The summed E-state index contributed by atoms with van der Waals surface area (Å²) in [7, 11) is 0. The number of morpholine rings is 1. The van der Waals surface area contributed by atoms with Gasteiger partial charge in [0.25, 0.3) is 0 Å². The van der Waals surface area contributed by atoms with Crippen LogP contribution < -0.4 is 0 Å². The van der Waals surface area contributed by atoms with Crippen molar-refractivity contribution in [2.24, 2.45) is 5.92 Å². The lowest BCUT2D eigenvalue weighted by Crippen LogP contribution is -2.36. The van der Waals surface area contributed by atoms with Crippen LogP contribution in [0.3, 0.4) is 0 Å². The van der Waals surface area contributed by atoms with Crippen LogP contribution in [0.4, 0.5) is 0 Å². The zero-order chi connectivity index (χ0) is 35.8. The highest BCUT2D eigenvalue weighted by molar-refractivity contribution is 6.07. The molecule has 0 atom stereocenters. The van der Waals surface area contributed by atoms with E-state index in [1.807, 2.05) is 115 Å². The molecule has 1 heterocycles. The standard InChI is InChI=1S/C44H34N6O/c1-48-44(49-2)42(35-18-10-5-11-19-35)40(33-14-6-3-7-15-33)23-13-21-37-25-24-36(43(37)50-26-28-51-29-27-50)20-12-22-38(30-45)41(39(31-46)32-47)34-16-8-4-9-17-34/h3-23,39H,24-29H2. The molecule has 0 unspecified atom stereocenters. The minimum absolute atomic E-state index is 0.00728. The van der Waals surface area contributed by atoms with Gasteiger partial charge in [0.05, 0.1) is 42.6 Å². The van der Waals surface area contributed by atoms with E-state index in [-0.39, 0.29) is 11.4 Å².